The van der Waals surface area contributed by atoms with E-state index in [0.29, 0.717) is 6.54 Å². The standard InChI is InChI=1S/C25H29N3O2/c1-30-22-16-28(17-22)24-8-7-20(23(26-24)15-19-5-3-2-4-6-19)9-12-25(29)18-27-13-10-21(25)11-14-27/h2-8,21-22,29H,10-11,13-18H2,1H3/t25-/m1/s1. The maximum atomic E-state index is 11.2. The molecule has 1 N–H and O–H groups in total. The maximum absolute atomic E-state index is 11.2. The van der Waals surface area contributed by atoms with Crippen molar-refractivity contribution >= 4 is 5.82 Å². The zero-order chi connectivity index (χ0) is 20.6. The highest BCUT2D eigenvalue weighted by Gasteiger charge is 2.44. The van der Waals surface area contributed by atoms with E-state index in [2.05, 4.69) is 52.0 Å². The average Bonchev–Trinajstić information content (AvgIpc) is 2.74. The van der Waals surface area contributed by atoms with Crippen LogP contribution in [0.25, 0.3) is 0 Å². The van der Waals surface area contributed by atoms with Crippen molar-refractivity contribution in [2.75, 3.05) is 44.7 Å². The van der Waals surface area contributed by atoms with Gasteiger partial charge in [0.25, 0.3) is 0 Å². The van der Waals surface area contributed by atoms with Gasteiger partial charge in [-0.1, -0.05) is 42.2 Å². The van der Waals surface area contributed by atoms with Gasteiger partial charge in [-0.05, 0) is 43.6 Å². The van der Waals surface area contributed by atoms with Gasteiger partial charge in [-0.25, -0.2) is 4.98 Å². The third-order valence-corrected chi connectivity index (χ3v) is 6.82. The Labute approximate surface area is 178 Å². The van der Waals surface area contributed by atoms with E-state index in [1.165, 1.54) is 5.56 Å². The first-order valence-electron chi connectivity index (χ1n) is 10.9. The molecule has 0 spiro atoms. The Kier molecular flexibility index (Phi) is 5.24. The SMILES string of the molecule is COC1CN(c2ccc(C#C[C@@]3(O)CN4CCC3CC4)c(Cc3ccccc3)n2)C1. The summed E-state index contributed by atoms with van der Waals surface area (Å²) in [7, 11) is 1.76. The molecule has 1 aromatic heterocycles. The van der Waals surface area contributed by atoms with Crippen molar-refractivity contribution < 1.29 is 9.84 Å². The van der Waals surface area contributed by atoms with Gasteiger partial charge in [0, 0.05) is 44.6 Å². The number of ether oxygens (including phenoxy) is 1. The second kappa shape index (κ2) is 8.03. The van der Waals surface area contributed by atoms with Crippen molar-refractivity contribution in [3.8, 4) is 11.8 Å². The lowest BCUT2D eigenvalue weighted by Crippen LogP contribution is -2.58. The smallest absolute Gasteiger partial charge is 0.141 e. The molecule has 2 aromatic rings. The number of benzene rings is 1. The number of methoxy groups -OCH3 is 1. The van der Waals surface area contributed by atoms with Crippen molar-refractivity contribution in [3.05, 3.63) is 59.3 Å². The lowest BCUT2D eigenvalue weighted by molar-refractivity contribution is -0.0713. The van der Waals surface area contributed by atoms with Crippen LogP contribution >= 0.6 is 0 Å². The van der Waals surface area contributed by atoms with E-state index in [4.69, 9.17) is 9.72 Å². The van der Waals surface area contributed by atoms with Gasteiger partial charge in [0.05, 0.1) is 11.8 Å². The molecule has 4 saturated heterocycles. The number of aliphatic hydroxyl groups is 1. The molecule has 5 nitrogen and oxygen atoms in total. The molecule has 1 atom stereocenters. The molecule has 0 unspecified atom stereocenters. The van der Waals surface area contributed by atoms with Crippen molar-refractivity contribution in [1.82, 2.24) is 9.88 Å². The highest BCUT2D eigenvalue weighted by atomic mass is 16.5. The summed E-state index contributed by atoms with van der Waals surface area (Å²) in [6.45, 7) is 4.58. The minimum absolute atomic E-state index is 0.284. The lowest BCUT2D eigenvalue weighted by Gasteiger charge is -2.47. The average molecular weight is 404 g/mol. The van der Waals surface area contributed by atoms with Crippen LogP contribution in [0.4, 0.5) is 5.82 Å². The Bertz CT molecular complexity index is 953. The summed E-state index contributed by atoms with van der Waals surface area (Å²) in [6, 6.07) is 14.5. The van der Waals surface area contributed by atoms with Gasteiger partial charge < -0.3 is 14.7 Å². The number of anilines is 1. The topological polar surface area (TPSA) is 48.8 Å². The van der Waals surface area contributed by atoms with Crippen molar-refractivity contribution in [2.45, 2.75) is 31.0 Å². The molecule has 4 aliphatic rings. The first-order valence-corrected chi connectivity index (χ1v) is 10.9. The Balaban J connectivity index is 1.44. The minimum Gasteiger partial charge on any atom is -0.378 e. The number of fused-ring (bicyclic) bond motifs is 3. The van der Waals surface area contributed by atoms with Gasteiger partial charge in [-0.2, -0.15) is 0 Å². The highest BCUT2D eigenvalue weighted by Crippen LogP contribution is 2.35. The highest BCUT2D eigenvalue weighted by molar-refractivity contribution is 5.50. The third kappa shape index (κ3) is 3.83. The molecule has 0 aliphatic carbocycles. The molecule has 4 fully saturated rings. The lowest BCUT2D eigenvalue weighted by atomic mass is 9.75. The van der Waals surface area contributed by atoms with Crippen LogP contribution in [0.1, 0.15) is 29.7 Å². The Hall–Kier alpha value is -2.39. The van der Waals surface area contributed by atoms with Gasteiger partial charge in [-0.15, -0.1) is 0 Å². The normalized spacial score (nSPS) is 28.0. The van der Waals surface area contributed by atoms with Crippen LogP contribution in [0.15, 0.2) is 42.5 Å². The van der Waals surface area contributed by atoms with Gasteiger partial charge in [0.1, 0.15) is 11.4 Å². The monoisotopic (exact) mass is 403 g/mol. The molecule has 156 valence electrons. The summed E-state index contributed by atoms with van der Waals surface area (Å²) < 4.78 is 5.40. The molecule has 6 rings (SSSR count). The van der Waals surface area contributed by atoms with E-state index in [1.807, 2.05) is 12.1 Å². The second-order valence-electron chi connectivity index (χ2n) is 8.81. The molecule has 5 heterocycles. The van der Waals surface area contributed by atoms with Gasteiger partial charge in [0.2, 0.25) is 0 Å². The number of hydrogen-bond acceptors (Lipinski definition) is 5. The fraction of sp³-hybridized carbons (Fsp3) is 0.480. The van der Waals surface area contributed by atoms with Gasteiger partial charge in [-0.3, -0.25) is 4.90 Å². The zero-order valence-electron chi connectivity index (χ0n) is 17.6. The molecule has 0 amide bonds. The minimum atomic E-state index is -0.900. The largest absolute Gasteiger partial charge is 0.378 e. The summed E-state index contributed by atoms with van der Waals surface area (Å²) in [5.74, 6) is 7.83. The van der Waals surface area contributed by atoms with E-state index in [1.54, 1.807) is 7.11 Å². The predicted molar refractivity (Wildman–Crippen MR) is 117 cm³/mol. The first-order chi connectivity index (χ1) is 14.6. The van der Waals surface area contributed by atoms with Crippen molar-refractivity contribution in [2.24, 2.45) is 5.92 Å². The summed E-state index contributed by atoms with van der Waals surface area (Å²) in [6.07, 6.45) is 3.09. The predicted octanol–water partition coefficient (Wildman–Crippen LogP) is 2.32. The van der Waals surface area contributed by atoms with Crippen LogP contribution in [-0.2, 0) is 11.2 Å². The van der Waals surface area contributed by atoms with E-state index >= 15 is 0 Å². The van der Waals surface area contributed by atoms with Crippen LogP contribution in [-0.4, -0.2) is 66.5 Å². The van der Waals surface area contributed by atoms with E-state index < -0.39 is 5.60 Å². The third-order valence-electron chi connectivity index (χ3n) is 6.82. The molecule has 0 radical (unpaired) electrons. The molecule has 5 heteroatoms. The Morgan fingerprint density at radius 2 is 1.90 bits per heavy atom. The number of aromatic nitrogens is 1. The molecular formula is C25H29N3O2. The van der Waals surface area contributed by atoms with Crippen molar-refractivity contribution in [3.63, 3.8) is 0 Å². The fourth-order valence-corrected chi connectivity index (χ4v) is 4.83. The number of pyridine rings is 1. The van der Waals surface area contributed by atoms with Crippen molar-refractivity contribution in [1.29, 1.82) is 0 Å². The number of piperidine rings is 3. The van der Waals surface area contributed by atoms with Crippen LogP contribution in [0.2, 0.25) is 0 Å². The van der Waals surface area contributed by atoms with Gasteiger partial charge >= 0.3 is 0 Å². The van der Waals surface area contributed by atoms with Crippen LogP contribution in [0, 0.1) is 17.8 Å². The first kappa shape index (κ1) is 19.6. The molecule has 2 bridgehead atoms. The Morgan fingerprint density at radius 1 is 1.13 bits per heavy atom. The molecule has 1 aromatic carbocycles. The van der Waals surface area contributed by atoms with Crippen LogP contribution < -0.4 is 4.90 Å². The van der Waals surface area contributed by atoms with Crippen LogP contribution in [0.3, 0.4) is 0 Å². The second-order valence-corrected chi connectivity index (χ2v) is 8.81. The fourth-order valence-electron chi connectivity index (χ4n) is 4.83. The summed E-state index contributed by atoms with van der Waals surface area (Å²) in [4.78, 5) is 9.54. The van der Waals surface area contributed by atoms with E-state index in [-0.39, 0.29) is 12.0 Å². The summed E-state index contributed by atoms with van der Waals surface area (Å²) in [5.41, 5.74) is 2.20. The van der Waals surface area contributed by atoms with E-state index in [0.717, 1.165) is 62.5 Å². The molecular weight excluding hydrogens is 374 g/mol. The number of hydrogen-bond donors (Lipinski definition) is 1. The molecule has 4 aliphatic heterocycles. The number of nitrogens with zero attached hydrogens (tertiary/aromatic N) is 3. The zero-order valence-corrected chi connectivity index (χ0v) is 17.6. The van der Waals surface area contributed by atoms with E-state index in [9.17, 15) is 5.11 Å². The quantitative estimate of drug-likeness (QED) is 0.794. The summed E-state index contributed by atoms with van der Waals surface area (Å²) >= 11 is 0. The molecule has 0 saturated carbocycles. The van der Waals surface area contributed by atoms with Gasteiger partial charge in [0.15, 0.2) is 0 Å². The van der Waals surface area contributed by atoms with Crippen LogP contribution in [0.5, 0.6) is 0 Å². The molecule has 30 heavy (non-hydrogen) atoms. The number of rotatable bonds is 4. The maximum Gasteiger partial charge on any atom is 0.141 e. The summed E-state index contributed by atoms with van der Waals surface area (Å²) in [5, 5.41) is 11.2. The Morgan fingerprint density at radius 3 is 2.57 bits per heavy atom.